The molecule has 0 bridgehead atoms. The van der Waals surface area contributed by atoms with Crippen LogP contribution in [0.5, 0.6) is 0 Å². The molecule has 0 amide bonds. The molecular formula is C21H42O4. The number of unbranched alkanes of at least 4 members (excludes halogenated alkanes) is 15. The molecule has 0 saturated heterocycles. The maximum atomic E-state index is 10.8. The van der Waals surface area contributed by atoms with E-state index in [0.29, 0.717) is 6.42 Å². The van der Waals surface area contributed by atoms with E-state index in [-0.39, 0.29) is 6.42 Å². The third-order valence-corrected chi connectivity index (χ3v) is 5.10. The minimum atomic E-state index is -1.95. The minimum absolute atomic E-state index is 0.136. The zero-order valence-electron chi connectivity index (χ0n) is 16.5. The van der Waals surface area contributed by atoms with Gasteiger partial charge in [-0.3, -0.25) is 0 Å². The Kier molecular flexibility index (Phi) is 16.4. The second kappa shape index (κ2) is 16.8. The number of aliphatic hydroxyl groups excluding tert-OH is 1. The van der Waals surface area contributed by atoms with Gasteiger partial charge in [0.2, 0.25) is 0 Å². The van der Waals surface area contributed by atoms with Crippen molar-refractivity contribution in [1.82, 2.24) is 0 Å². The van der Waals surface area contributed by atoms with E-state index in [1.54, 1.807) is 0 Å². The molecule has 0 saturated carbocycles. The summed E-state index contributed by atoms with van der Waals surface area (Å²) < 4.78 is 0. The maximum absolute atomic E-state index is 10.8. The lowest BCUT2D eigenvalue weighted by molar-refractivity contribution is -0.163. The molecule has 0 aliphatic heterocycles. The highest BCUT2D eigenvalue weighted by atomic mass is 16.4. The summed E-state index contributed by atoms with van der Waals surface area (Å²) in [4.78, 5) is 10.8. The van der Waals surface area contributed by atoms with E-state index in [1.165, 1.54) is 83.5 Å². The third kappa shape index (κ3) is 14.3. The molecule has 4 heteroatoms. The van der Waals surface area contributed by atoms with Crippen LogP contribution in [0.15, 0.2) is 0 Å². The first-order valence-electron chi connectivity index (χ1n) is 10.6. The highest BCUT2D eigenvalue weighted by molar-refractivity contribution is 5.77. The summed E-state index contributed by atoms with van der Waals surface area (Å²) in [5, 5.41) is 27.5. The van der Waals surface area contributed by atoms with Crippen molar-refractivity contribution >= 4 is 5.97 Å². The number of carbonyl (C=O) groups is 1. The fraction of sp³-hybridized carbons (Fsp3) is 0.952. The fourth-order valence-electron chi connectivity index (χ4n) is 3.22. The second-order valence-corrected chi connectivity index (χ2v) is 7.55. The van der Waals surface area contributed by atoms with Gasteiger partial charge < -0.3 is 15.3 Å². The standard InChI is InChI=1S/C21H42O4/c1-2-3-4-5-6-7-8-9-10-11-12-13-14-15-16-17-18-21(25,19-22)20(23)24/h22,25H,2-19H2,1H3,(H,23,24). The molecule has 0 spiro atoms. The Morgan fingerprint density at radius 1 is 0.680 bits per heavy atom. The van der Waals surface area contributed by atoms with Crippen molar-refractivity contribution in [3.63, 3.8) is 0 Å². The van der Waals surface area contributed by atoms with Gasteiger partial charge in [0.25, 0.3) is 0 Å². The Bertz CT molecular complexity index is 306. The first-order valence-corrected chi connectivity index (χ1v) is 10.6. The summed E-state index contributed by atoms with van der Waals surface area (Å²) in [6.07, 6.45) is 20.3. The average Bonchev–Trinajstić information content (AvgIpc) is 2.61. The summed E-state index contributed by atoms with van der Waals surface area (Å²) >= 11 is 0. The Labute approximate surface area is 155 Å². The number of carboxylic acid groups (broad SMARTS) is 1. The summed E-state index contributed by atoms with van der Waals surface area (Å²) in [6, 6.07) is 0. The first kappa shape index (κ1) is 24.4. The van der Waals surface area contributed by atoms with Crippen molar-refractivity contribution in [2.24, 2.45) is 0 Å². The van der Waals surface area contributed by atoms with E-state index in [9.17, 15) is 9.90 Å². The monoisotopic (exact) mass is 358 g/mol. The first-order chi connectivity index (χ1) is 12.1. The predicted molar refractivity (Wildman–Crippen MR) is 104 cm³/mol. The number of carboxylic acids is 1. The summed E-state index contributed by atoms with van der Waals surface area (Å²) in [7, 11) is 0. The highest BCUT2D eigenvalue weighted by Gasteiger charge is 2.34. The molecule has 0 heterocycles. The molecule has 0 aromatic carbocycles. The van der Waals surface area contributed by atoms with E-state index in [1.807, 2.05) is 0 Å². The van der Waals surface area contributed by atoms with Crippen LogP contribution >= 0.6 is 0 Å². The van der Waals surface area contributed by atoms with Gasteiger partial charge >= 0.3 is 5.97 Å². The van der Waals surface area contributed by atoms with Crippen LogP contribution in [0, 0.1) is 0 Å². The third-order valence-electron chi connectivity index (χ3n) is 5.10. The quantitative estimate of drug-likeness (QED) is 0.268. The molecule has 1 unspecified atom stereocenters. The lowest BCUT2D eigenvalue weighted by Crippen LogP contribution is -2.42. The van der Waals surface area contributed by atoms with Crippen LogP contribution in [0.1, 0.15) is 116 Å². The number of hydrogen-bond acceptors (Lipinski definition) is 3. The molecule has 150 valence electrons. The number of rotatable bonds is 19. The maximum Gasteiger partial charge on any atom is 0.338 e. The molecule has 0 aliphatic rings. The SMILES string of the molecule is CCCCCCCCCCCCCCCCCCC(O)(CO)C(=O)O. The molecular weight excluding hydrogens is 316 g/mol. The van der Waals surface area contributed by atoms with Crippen LogP contribution in [-0.2, 0) is 4.79 Å². The van der Waals surface area contributed by atoms with Crippen LogP contribution in [0.2, 0.25) is 0 Å². The van der Waals surface area contributed by atoms with Gasteiger partial charge in [0, 0.05) is 0 Å². The van der Waals surface area contributed by atoms with Crippen molar-refractivity contribution in [2.45, 2.75) is 122 Å². The van der Waals surface area contributed by atoms with Crippen molar-refractivity contribution in [2.75, 3.05) is 6.61 Å². The molecule has 0 aliphatic carbocycles. The fourth-order valence-corrected chi connectivity index (χ4v) is 3.22. The molecule has 0 rings (SSSR count). The number of aliphatic hydroxyl groups is 2. The summed E-state index contributed by atoms with van der Waals surface area (Å²) in [5.41, 5.74) is -1.95. The van der Waals surface area contributed by atoms with Gasteiger partial charge in [0.15, 0.2) is 5.60 Å². The van der Waals surface area contributed by atoms with Crippen LogP contribution < -0.4 is 0 Å². The zero-order chi connectivity index (χ0) is 18.8. The minimum Gasteiger partial charge on any atom is -0.479 e. The average molecular weight is 359 g/mol. The van der Waals surface area contributed by atoms with Gasteiger partial charge in [0.05, 0.1) is 6.61 Å². The van der Waals surface area contributed by atoms with E-state index in [0.717, 1.165) is 12.8 Å². The van der Waals surface area contributed by atoms with Crippen molar-refractivity contribution in [3.05, 3.63) is 0 Å². The topological polar surface area (TPSA) is 77.8 Å². The smallest absolute Gasteiger partial charge is 0.338 e. The molecule has 0 fully saturated rings. The lowest BCUT2D eigenvalue weighted by Gasteiger charge is -2.20. The van der Waals surface area contributed by atoms with Crippen molar-refractivity contribution in [1.29, 1.82) is 0 Å². The van der Waals surface area contributed by atoms with Crippen molar-refractivity contribution in [3.8, 4) is 0 Å². The number of hydrogen-bond donors (Lipinski definition) is 3. The largest absolute Gasteiger partial charge is 0.479 e. The number of aliphatic carboxylic acids is 1. The Morgan fingerprint density at radius 2 is 1.00 bits per heavy atom. The van der Waals surface area contributed by atoms with Crippen LogP contribution in [0.3, 0.4) is 0 Å². The van der Waals surface area contributed by atoms with Gasteiger partial charge in [-0.1, -0.05) is 103 Å². The molecule has 25 heavy (non-hydrogen) atoms. The van der Waals surface area contributed by atoms with E-state index >= 15 is 0 Å². The molecule has 0 aromatic heterocycles. The van der Waals surface area contributed by atoms with Gasteiger partial charge in [-0.25, -0.2) is 4.79 Å². The van der Waals surface area contributed by atoms with Gasteiger partial charge in [0.1, 0.15) is 0 Å². The van der Waals surface area contributed by atoms with E-state index in [4.69, 9.17) is 10.2 Å². The van der Waals surface area contributed by atoms with E-state index in [2.05, 4.69) is 6.92 Å². The Morgan fingerprint density at radius 3 is 1.28 bits per heavy atom. The Balaban J connectivity index is 3.23. The van der Waals surface area contributed by atoms with Gasteiger partial charge in [-0.05, 0) is 12.8 Å². The highest BCUT2D eigenvalue weighted by Crippen LogP contribution is 2.17. The molecule has 3 N–H and O–H groups in total. The van der Waals surface area contributed by atoms with Crippen molar-refractivity contribution < 1.29 is 20.1 Å². The summed E-state index contributed by atoms with van der Waals surface area (Å²) in [5.74, 6) is -1.32. The van der Waals surface area contributed by atoms with Crippen LogP contribution in [-0.4, -0.2) is 33.5 Å². The normalized spacial score (nSPS) is 13.7. The molecule has 4 nitrogen and oxygen atoms in total. The van der Waals surface area contributed by atoms with Gasteiger partial charge in [-0.2, -0.15) is 0 Å². The summed E-state index contributed by atoms with van der Waals surface area (Å²) in [6.45, 7) is 1.55. The molecule has 0 radical (unpaired) electrons. The molecule has 1 atom stereocenters. The lowest BCUT2D eigenvalue weighted by atomic mass is 9.96. The van der Waals surface area contributed by atoms with Crippen LogP contribution in [0.25, 0.3) is 0 Å². The van der Waals surface area contributed by atoms with E-state index < -0.39 is 18.2 Å². The Hall–Kier alpha value is -0.610. The van der Waals surface area contributed by atoms with Gasteiger partial charge in [-0.15, -0.1) is 0 Å². The second-order valence-electron chi connectivity index (χ2n) is 7.55. The molecule has 0 aromatic rings. The zero-order valence-corrected chi connectivity index (χ0v) is 16.5. The predicted octanol–water partition coefficient (Wildman–Crippen LogP) is 5.45. The van der Waals surface area contributed by atoms with Crippen LogP contribution in [0.4, 0.5) is 0 Å².